The molecule has 0 spiro atoms. The Balaban J connectivity index is 1.88. The van der Waals surface area contributed by atoms with Gasteiger partial charge in [0.15, 0.2) is 5.78 Å². The molecule has 1 aliphatic carbocycles. The summed E-state index contributed by atoms with van der Waals surface area (Å²) < 4.78 is 0. The Hall–Kier alpha value is -2.16. The number of carbonyl (C=O) groups is 1. The topological polar surface area (TPSA) is 42.0 Å². The van der Waals surface area contributed by atoms with Gasteiger partial charge in [-0.3, -0.25) is 9.78 Å². The van der Waals surface area contributed by atoms with Crippen LogP contribution < -0.4 is 5.32 Å². The summed E-state index contributed by atoms with van der Waals surface area (Å²) in [6.45, 7) is 0. The van der Waals surface area contributed by atoms with E-state index in [1.165, 1.54) is 0 Å². The summed E-state index contributed by atoms with van der Waals surface area (Å²) in [5.74, 6) is 0.206. The van der Waals surface area contributed by atoms with Crippen LogP contribution in [0.15, 0.2) is 48.3 Å². The first-order valence-electron chi connectivity index (χ1n) is 6.16. The molecule has 0 saturated heterocycles. The number of pyridine rings is 1. The van der Waals surface area contributed by atoms with Crippen molar-refractivity contribution in [1.29, 1.82) is 0 Å². The van der Waals surface area contributed by atoms with Crippen LogP contribution in [0.25, 0.3) is 10.9 Å². The molecule has 0 radical (unpaired) electrons. The Morgan fingerprint density at radius 2 is 2.06 bits per heavy atom. The van der Waals surface area contributed by atoms with Gasteiger partial charge in [0.05, 0.1) is 17.4 Å². The van der Waals surface area contributed by atoms with Crippen molar-refractivity contribution in [3.8, 4) is 0 Å². The van der Waals surface area contributed by atoms with E-state index in [1.54, 1.807) is 6.08 Å². The number of benzene rings is 1. The van der Waals surface area contributed by atoms with Crippen molar-refractivity contribution in [3.05, 3.63) is 48.3 Å². The first-order valence-corrected chi connectivity index (χ1v) is 6.16. The number of para-hydroxylation sites is 1. The Morgan fingerprint density at radius 3 is 2.94 bits per heavy atom. The third-order valence-corrected chi connectivity index (χ3v) is 3.10. The van der Waals surface area contributed by atoms with Crippen LogP contribution in [0, 0.1) is 0 Å². The Morgan fingerprint density at radius 1 is 1.17 bits per heavy atom. The molecule has 18 heavy (non-hydrogen) atoms. The molecule has 0 fully saturated rings. The normalized spacial score (nSPS) is 15.6. The molecule has 3 nitrogen and oxygen atoms in total. The molecule has 0 aliphatic heterocycles. The summed E-state index contributed by atoms with van der Waals surface area (Å²) in [4.78, 5) is 15.7. The summed E-state index contributed by atoms with van der Waals surface area (Å²) in [6, 6.07) is 10.1. The van der Waals surface area contributed by atoms with Gasteiger partial charge in [0, 0.05) is 23.6 Å². The fourth-order valence-electron chi connectivity index (χ4n) is 2.22. The predicted molar refractivity (Wildman–Crippen MR) is 72.3 cm³/mol. The largest absolute Gasteiger partial charge is 0.358 e. The van der Waals surface area contributed by atoms with Crippen molar-refractivity contribution in [1.82, 2.24) is 4.98 Å². The number of allylic oxidation sites excluding steroid dienone is 2. The summed E-state index contributed by atoms with van der Waals surface area (Å²) >= 11 is 0. The van der Waals surface area contributed by atoms with Gasteiger partial charge in [0.25, 0.3) is 0 Å². The van der Waals surface area contributed by atoms with Crippen molar-refractivity contribution in [2.24, 2.45) is 0 Å². The lowest BCUT2D eigenvalue weighted by molar-refractivity contribution is -0.115. The zero-order valence-corrected chi connectivity index (χ0v) is 10.0. The van der Waals surface area contributed by atoms with E-state index in [2.05, 4.69) is 16.4 Å². The molecule has 1 N–H and O–H groups in total. The Bertz CT molecular complexity index is 631. The molecular formula is C15H14N2O. The van der Waals surface area contributed by atoms with Gasteiger partial charge in [0.2, 0.25) is 0 Å². The van der Waals surface area contributed by atoms with Gasteiger partial charge in [-0.25, -0.2) is 0 Å². The molecule has 0 bridgehead atoms. The van der Waals surface area contributed by atoms with Crippen LogP contribution >= 0.6 is 0 Å². The molecule has 0 unspecified atom stereocenters. The van der Waals surface area contributed by atoms with Crippen LogP contribution in [0.4, 0.5) is 5.69 Å². The standard InChI is InChI=1S/C15H14N2O/c18-14-6-3-5-12(9-14)17-13-8-11-4-1-2-7-15(11)16-10-13/h1-2,4,7-10,17H,3,5-6H2. The van der Waals surface area contributed by atoms with E-state index in [0.29, 0.717) is 6.42 Å². The van der Waals surface area contributed by atoms with Crippen molar-refractivity contribution in [2.75, 3.05) is 5.32 Å². The highest BCUT2D eigenvalue weighted by Gasteiger charge is 2.10. The van der Waals surface area contributed by atoms with Gasteiger partial charge in [-0.1, -0.05) is 18.2 Å². The first-order chi connectivity index (χ1) is 8.81. The van der Waals surface area contributed by atoms with Gasteiger partial charge in [0.1, 0.15) is 0 Å². The molecule has 3 heteroatoms. The van der Waals surface area contributed by atoms with Crippen LogP contribution in [0.5, 0.6) is 0 Å². The lowest BCUT2D eigenvalue weighted by Gasteiger charge is -2.14. The minimum Gasteiger partial charge on any atom is -0.358 e. The quantitative estimate of drug-likeness (QED) is 0.873. The molecule has 90 valence electrons. The van der Waals surface area contributed by atoms with Crippen LogP contribution in [0.3, 0.4) is 0 Å². The molecule has 1 aromatic heterocycles. The van der Waals surface area contributed by atoms with E-state index in [0.717, 1.165) is 35.1 Å². The van der Waals surface area contributed by atoms with E-state index in [4.69, 9.17) is 0 Å². The van der Waals surface area contributed by atoms with Crippen LogP contribution in [0.2, 0.25) is 0 Å². The number of hydrogen-bond acceptors (Lipinski definition) is 3. The third-order valence-electron chi connectivity index (χ3n) is 3.10. The molecule has 2 aromatic rings. The fourth-order valence-corrected chi connectivity index (χ4v) is 2.22. The van der Waals surface area contributed by atoms with Crippen molar-refractivity contribution in [2.45, 2.75) is 19.3 Å². The maximum absolute atomic E-state index is 11.3. The predicted octanol–water partition coefficient (Wildman–Crippen LogP) is 3.28. The zero-order chi connectivity index (χ0) is 12.4. The highest BCUT2D eigenvalue weighted by molar-refractivity contribution is 5.91. The van der Waals surface area contributed by atoms with E-state index >= 15 is 0 Å². The molecule has 0 amide bonds. The smallest absolute Gasteiger partial charge is 0.157 e. The van der Waals surface area contributed by atoms with Gasteiger partial charge in [-0.15, -0.1) is 0 Å². The Kier molecular flexibility index (Phi) is 2.81. The number of aromatic nitrogens is 1. The number of ketones is 1. The second-order valence-corrected chi connectivity index (χ2v) is 4.53. The highest BCUT2D eigenvalue weighted by atomic mass is 16.1. The second kappa shape index (κ2) is 4.61. The lowest BCUT2D eigenvalue weighted by Crippen LogP contribution is -2.09. The van der Waals surface area contributed by atoms with Crippen LogP contribution in [-0.4, -0.2) is 10.8 Å². The summed E-state index contributed by atoms with van der Waals surface area (Å²) in [5.41, 5.74) is 2.91. The van der Waals surface area contributed by atoms with Gasteiger partial charge >= 0.3 is 0 Å². The van der Waals surface area contributed by atoms with E-state index in [-0.39, 0.29) is 5.78 Å². The van der Waals surface area contributed by atoms with Gasteiger partial charge in [-0.05, 0) is 25.0 Å². The molecule has 1 heterocycles. The molecule has 0 atom stereocenters. The number of hydrogen-bond donors (Lipinski definition) is 1. The first kappa shape index (κ1) is 11.0. The second-order valence-electron chi connectivity index (χ2n) is 4.53. The van der Waals surface area contributed by atoms with E-state index in [9.17, 15) is 4.79 Å². The maximum atomic E-state index is 11.3. The summed E-state index contributed by atoms with van der Waals surface area (Å²) in [6.07, 6.45) is 6.04. The lowest BCUT2D eigenvalue weighted by atomic mass is 10.0. The molecule has 1 aromatic carbocycles. The van der Waals surface area contributed by atoms with Crippen LogP contribution in [-0.2, 0) is 4.79 Å². The zero-order valence-electron chi connectivity index (χ0n) is 10.0. The maximum Gasteiger partial charge on any atom is 0.157 e. The minimum atomic E-state index is 0.206. The van der Waals surface area contributed by atoms with Gasteiger partial charge in [-0.2, -0.15) is 0 Å². The number of anilines is 1. The Labute approximate surface area is 106 Å². The van der Waals surface area contributed by atoms with Crippen molar-refractivity contribution < 1.29 is 4.79 Å². The number of nitrogens with one attached hydrogen (secondary N) is 1. The summed E-state index contributed by atoms with van der Waals surface area (Å²) in [5, 5.41) is 4.38. The summed E-state index contributed by atoms with van der Waals surface area (Å²) in [7, 11) is 0. The minimum absolute atomic E-state index is 0.206. The fraction of sp³-hybridized carbons (Fsp3) is 0.200. The number of nitrogens with zero attached hydrogens (tertiary/aromatic N) is 1. The average molecular weight is 238 g/mol. The van der Waals surface area contributed by atoms with Crippen molar-refractivity contribution in [3.63, 3.8) is 0 Å². The number of fused-ring (bicyclic) bond motifs is 1. The molecule has 0 saturated carbocycles. The highest BCUT2D eigenvalue weighted by Crippen LogP contribution is 2.21. The van der Waals surface area contributed by atoms with E-state index < -0.39 is 0 Å². The number of carbonyl (C=O) groups excluding carboxylic acids is 1. The average Bonchev–Trinajstić information content (AvgIpc) is 2.39. The van der Waals surface area contributed by atoms with Gasteiger partial charge < -0.3 is 5.32 Å². The molecule has 1 aliphatic rings. The third kappa shape index (κ3) is 2.25. The molecular weight excluding hydrogens is 224 g/mol. The molecule has 3 rings (SSSR count). The monoisotopic (exact) mass is 238 g/mol. The van der Waals surface area contributed by atoms with Crippen molar-refractivity contribution >= 4 is 22.4 Å². The van der Waals surface area contributed by atoms with Crippen LogP contribution in [0.1, 0.15) is 19.3 Å². The number of rotatable bonds is 2. The SMILES string of the molecule is O=C1C=C(Nc2cnc3ccccc3c2)CCC1. The van der Waals surface area contributed by atoms with E-state index in [1.807, 2.05) is 30.5 Å².